The van der Waals surface area contributed by atoms with E-state index in [-0.39, 0.29) is 18.1 Å². The molecule has 0 saturated carbocycles. The highest BCUT2D eigenvalue weighted by Crippen LogP contribution is 2.23. The Labute approximate surface area is 75.1 Å². The van der Waals surface area contributed by atoms with E-state index in [2.05, 4.69) is 33.0 Å². The summed E-state index contributed by atoms with van der Waals surface area (Å²) in [5.74, 6) is 0.539. The Hall–Kier alpha value is 0.210. The molecule has 1 rings (SSSR count). The summed E-state index contributed by atoms with van der Waals surface area (Å²) in [4.78, 5) is 0. The molecule has 0 aromatic heterocycles. The molecule has 11 heavy (non-hydrogen) atoms. The summed E-state index contributed by atoms with van der Waals surface area (Å²) < 4.78 is 5.60. The van der Waals surface area contributed by atoms with Gasteiger partial charge in [-0.1, -0.05) is 13.8 Å². The first-order chi connectivity index (χ1) is 4.54. The predicted molar refractivity (Wildman–Crippen MR) is 49.0 cm³/mol. The summed E-state index contributed by atoms with van der Waals surface area (Å²) >= 11 is 0. The van der Waals surface area contributed by atoms with Crippen molar-refractivity contribution in [2.24, 2.45) is 5.92 Å². The number of hydrogen-bond donors (Lipinski definition) is 1. The molecular weight excluding hydrogens is 162 g/mol. The van der Waals surface area contributed by atoms with Crippen molar-refractivity contribution in [3.63, 3.8) is 0 Å². The average molecular weight is 180 g/mol. The molecule has 1 heterocycles. The molecule has 0 aromatic carbocycles. The number of hydrogen-bond acceptors (Lipinski definition) is 2. The standard InChI is InChI=1S/C8H17NO.ClH/c1-6(2)8(4)9-7(3)5-10-8;/h6-7,9H,5H2,1-4H3;1H. The van der Waals surface area contributed by atoms with E-state index in [0.29, 0.717) is 12.0 Å². The molecule has 1 saturated heterocycles. The van der Waals surface area contributed by atoms with Crippen LogP contribution in [0.15, 0.2) is 0 Å². The maximum absolute atomic E-state index is 5.60. The van der Waals surface area contributed by atoms with Crippen LogP contribution in [0.3, 0.4) is 0 Å². The number of rotatable bonds is 1. The molecule has 2 unspecified atom stereocenters. The molecular formula is C8H18ClNO. The van der Waals surface area contributed by atoms with Gasteiger partial charge in [0, 0.05) is 6.04 Å². The zero-order valence-corrected chi connectivity index (χ0v) is 8.49. The Bertz CT molecular complexity index is 129. The van der Waals surface area contributed by atoms with Gasteiger partial charge < -0.3 is 4.74 Å². The molecule has 1 aliphatic rings. The summed E-state index contributed by atoms with van der Waals surface area (Å²) in [6, 6.07) is 0.507. The molecule has 0 radical (unpaired) electrons. The van der Waals surface area contributed by atoms with E-state index in [9.17, 15) is 0 Å². The van der Waals surface area contributed by atoms with Crippen molar-refractivity contribution in [2.75, 3.05) is 6.61 Å². The lowest BCUT2D eigenvalue weighted by Crippen LogP contribution is -2.44. The van der Waals surface area contributed by atoms with Gasteiger partial charge in [-0.2, -0.15) is 0 Å². The first-order valence-corrected chi connectivity index (χ1v) is 3.96. The third kappa shape index (κ3) is 2.32. The van der Waals surface area contributed by atoms with E-state index in [0.717, 1.165) is 6.61 Å². The third-order valence-corrected chi connectivity index (χ3v) is 2.27. The molecule has 2 atom stereocenters. The van der Waals surface area contributed by atoms with Crippen molar-refractivity contribution in [1.82, 2.24) is 5.32 Å². The van der Waals surface area contributed by atoms with Crippen molar-refractivity contribution in [3.8, 4) is 0 Å². The second-order valence-corrected chi connectivity index (χ2v) is 3.62. The van der Waals surface area contributed by atoms with Gasteiger partial charge in [0.25, 0.3) is 0 Å². The van der Waals surface area contributed by atoms with Gasteiger partial charge in [0.1, 0.15) is 5.72 Å². The molecule has 0 aliphatic carbocycles. The van der Waals surface area contributed by atoms with Gasteiger partial charge in [0.05, 0.1) is 6.61 Å². The molecule has 1 N–H and O–H groups in total. The summed E-state index contributed by atoms with van der Waals surface area (Å²) in [6.07, 6.45) is 0. The smallest absolute Gasteiger partial charge is 0.119 e. The van der Waals surface area contributed by atoms with Gasteiger partial charge in [-0.05, 0) is 19.8 Å². The van der Waals surface area contributed by atoms with Crippen molar-refractivity contribution in [1.29, 1.82) is 0 Å². The lowest BCUT2D eigenvalue weighted by molar-refractivity contribution is -0.0312. The summed E-state index contributed by atoms with van der Waals surface area (Å²) in [5, 5.41) is 3.41. The van der Waals surface area contributed by atoms with Crippen LogP contribution in [-0.2, 0) is 4.74 Å². The molecule has 1 aliphatic heterocycles. The van der Waals surface area contributed by atoms with Crippen molar-refractivity contribution in [3.05, 3.63) is 0 Å². The molecule has 0 bridgehead atoms. The minimum Gasteiger partial charge on any atom is -0.359 e. The minimum absolute atomic E-state index is 0. The number of ether oxygens (including phenoxy) is 1. The van der Waals surface area contributed by atoms with Gasteiger partial charge in [-0.15, -0.1) is 12.4 Å². The van der Waals surface area contributed by atoms with Crippen molar-refractivity contribution in [2.45, 2.75) is 39.5 Å². The van der Waals surface area contributed by atoms with Gasteiger partial charge in [-0.25, -0.2) is 0 Å². The van der Waals surface area contributed by atoms with E-state index >= 15 is 0 Å². The normalized spacial score (nSPS) is 37.4. The van der Waals surface area contributed by atoms with E-state index in [1.165, 1.54) is 0 Å². The van der Waals surface area contributed by atoms with Crippen LogP contribution in [0.5, 0.6) is 0 Å². The number of nitrogens with one attached hydrogen (secondary N) is 1. The summed E-state index contributed by atoms with van der Waals surface area (Å²) in [6.45, 7) is 9.44. The fraction of sp³-hybridized carbons (Fsp3) is 1.00. The van der Waals surface area contributed by atoms with E-state index < -0.39 is 0 Å². The fourth-order valence-electron chi connectivity index (χ4n) is 1.20. The Kier molecular flexibility index (Phi) is 3.82. The Morgan fingerprint density at radius 3 is 2.27 bits per heavy atom. The van der Waals surface area contributed by atoms with Crippen molar-refractivity contribution >= 4 is 12.4 Å². The van der Waals surface area contributed by atoms with Crippen LogP contribution < -0.4 is 5.32 Å². The van der Waals surface area contributed by atoms with Crippen LogP contribution in [-0.4, -0.2) is 18.4 Å². The van der Waals surface area contributed by atoms with Gasteiger partial charge >= 0.3 is 0 Å². The Morgan fingerprint density at radius 2 is 2.09 bits per heavy atom. The molecule has 1 fully saturated rings. The minimum atomic E-state index is -0.0839. The fourth-order valence-corrected chi connectivity index (χ4v) is 1.20. The first kappa shape index (κ1) is 11.2. The lowest BCUT2D eigenvalue weighted by atomic mass is 10.0. The van der Waals surface area contributed by atoms with Gasteiger partial charge in [0.15, 0.2) is 0 Å². The maximum atomic E-state index is 5.60. The predicted octanol–water partition coefficient (Wildman–Crippen LogP) is 1.79. The van der Waals surface area contributed by atoms with Crippen LogP contribution in [0.1, 0.15) is 27.7 Å². The monoisotopic (exact) mass is 179 g/mol. The van der Waals surface area contributed by atoms with E-state index in [1.54, 1.807) is 0 Å². The highest BCUT2D eigenvalue weighted by atomic mass is 35.5. The van der Waals surface area contributed by atoms with Crippen LogP contribution in [0.2, 0.25) is 0 Å². The zero-order chi connectivity index (χ0) is 7.78. The van der Waals surface area contributed by atoms with Crippen LogP contribution >= 0.6 is 12.4 Å². The zero-order valence-electron chi connectivity index (χ0n) is 7.68. The summed E-state index contributed by atoms with van der Waals surface area (Å²) in [7, 11) is 0. The highest BCUT2D eigenvalue weighted by Gasteiger charge is 2.35. The lowest BCUT2D eigenvalue weighted by Gasteiger charge is -2.28. The quantitative estimate of drug-likeness (QED) is 0.663. The first-order valence-electron chi connectivity index (χ1n) is 3.96. The Balaban J connectivity index is 0.000001000. The van der Waals surface area contributed by atoms with Crippen molar-refractivity contribution < 1.29 is 4.74 Å². The second-order valence-electron chi connectivity index (χ2n) is 3.62. The van der Waals surface area contributed by atoms with Crippen LogP contribution in [0, 0.1) is 5.92 Å². The molecule has 0 amide bonds. The molecule has 68 valence electrons. The number of halogens is 1. The Morgan fingerprint density at radius 1 is 1.55 bits per heavy atom. The largest absolute Gasteiger partial charge is 0.359 e. The molecule has 0 aromatic rings. The second kappa shape index (κ2) is 3.74. The van der Waals surface area contributed by atoms with Gasteiger partial charge in [0.2, 0.25) is 0 Å². The summed E-state index contributed by atoms with van der Waals surface area (Å²) in [5.41, 5.74) is -0.0839. The average Bonchev–Trinajstić information content (AvgIpc) is 2.13. The molecule has 0 spiro atoms. The molecule has 3 heteroatoms. The molecule has 2 nitrogen and oxygen atoms in total. The highest BCUT2D eigenvalue weighted by molar-refractivity contribution is 5.85. The van der Waals surface area contributed by atoms with Crippen LogP contribution in [0.4, 0.5) is 0 Å². The SMILES string of the molecule is CC1COC(C)(C(C)C)N1.Cl. The van der Waals surface area contributed by atoms with E-state index in [1.807, 2.05) is 0 Å². The topological polar surface area (TPSA) is 21.3 Å². The third-order valence-electron chi connectivity index (χ3n) is 2.27. The maximum Gasteiger partial charge on any atom is 0.119 e. The van der Waals surface area contributed by atoms with Gasteiger partial charge in [-0.3, -0.25) is 5.32 Å². The van der Waals surface area contributed by atoms with E-state index in [4.69, 9.17) is 4.74 Å². The van der Waals surface area contributed by atoms with Crippen LogP contribution in [0.25, 0.3) is 0 Å².